The maximum Gasteiger partial charge on any atom is 0.307 e. The number of carbonyl (C=O) groups is 1. The monoisotopic (exact) mass is 156 g/mol. The van der Waals surface area contributed by atoms with E-state index in [1.807, 2.05) is 6.08 Å². The average molecular weight is 156 g/mol. The Balaban J connectivity index is 3.10. The first-order chi connectivity index (χ1) is 5.27. The highest BCUT2D eigenvalue weighted by Crippen LogP contribution is 1.99. The summed E-state index contributed by atoms with van der Waals surface area (Å²) in [5, 5.41) is 0. The first-order valence-electron chi connectivity index (χ1n) is 4.09. The first-order valence-corrected chi connectivity index (χ1v) is 4.09. The number of unbranched alkanes of at least 4 members (excludes halogenated alkanes) is 3. The van der Waals surface area contributed by atoms with Crippen molar-refractivity contribution < 1.29 is 9.53 Å². The third kappa shape index (κ3) is 9.21. The molecule has 0 atom stereocenters. The number of hydrogen-bond donors (Lipinski definition) is 0. The summed E-state index contributed by atoms with van der Waals surface area (Å²) < 4.78 is 4.60. The van der Waals surface area contributed by atoms with Crippen molar-refractivity contribution in [3.8, 4) is 0 Å². The lowest BCUT2D eigenvalue weighted by Gasteiger charge is -1.92. The van der Waals surface area contributed by atoms with Crippen LogP contribution >= 0.6 is 0 Å². The Kier molecular flexibility index (Phi) is 6.79. The van der Waals surface area contributed by atoms with Crippen LogP contribution < -0.4 is 0 Å². The van der Waals surface area contributed by atoms with Gasteiger partial charge in [0.05, 0.1) is 6.26 Å². The summed E-state index contributed by atoms with van der Waals surface area (Å²) in [6.07, 6.45) is 8.00. The lowest BCUT2D eigenvalue weighted by atomic mass is 10.2. The van der Waals surface area contributed by atoms with Crippen molar-refractivity contribution in [2.75, 3.05) is 0 Å². The third-order valence-corrected chi connectivity index (χ3v) is 1.30. The second kappa shape index (κ2) is 7.32. The fourth-order valence-electron chi connectivity index (χ4n) is 0.724. The van der Waals surface area contributed by atoms with E-state index in [9.17, 15) is 4.79 Å². The van der Waals surface area contributed by atoms with Gasteiger partial charge in [-0.05, 0) is 18.9 Å². The quantitative estimate of drug-likeness (QED) is 0.347. The maximum atomic E-state index is 10.3. The Morgan fingerprint density at radius 2 is 2.18 bits per heavy atom. The summed E-state index contributed by atoms with van der Waals surface area (Å²) in [5.74, 6) is -0.253. The molecule has 2 nitrogen and oxygen atoms in total. The van der Waals surface area contributed by atoms with Crippen LogP contribution in [0.25, 0.3) is 0 Å². The largest absolute Gasteiger partial charge is 0.435 e. The summed E-state index contributed by atoms with van der Waals surface area (Å²) in [7, 11) is 0. The van der Waals surface area contributed by atoms with E-state index in [4.69, 9.17) is 0 Å². The molecule has 0 aromatic rings. The second-order valence-electron chi connectivity index (χ2n) is 2.48. The van der Waals surface area contributed by atoms with Crippen LogP contribution in [0.4, 0.5) is 0 Å². The van der Waals surface area contributed by atoms with E-state index in [2.05, 4.69) is 11.7 Å². The normalized spacial score (nSPS) is 10.4. The molecule has 64 valence electrons. The van der Waals surface area contributed by atoms with Crippen molar-refractivity contribution in [2.24, 2.45) is 0 Å². The molecule has 0 fully saturated rings. The molecule has 0 N–H and O–H groups in total. The van der Waals surface area contributed by atoms with E-state index in [1.54, 1.807) is 0 Å². The minimum atomic E-state index is -0.253. The summed E-state index contributed by atoms with van der Waals surface area (Å²) in [6, 6.07) is 0. The Morgan fingerprint density at radius 3 is 2.73 bits per heavy atom. The highest BCUT2D eigenvalue weighted by molar-refractivity contribution is 5.66. The zero-order chi connectivity index (χ0) is 8.53. The van der Waals surface area contributed by atoms with Gasteiger partial charge in [-0.15, -0.1) is 0 Å². The Hall–Kier alpha value is -0.790. The smallest absolute Gasteiger partial charge is 0.307 e. The SMILES string of the molecule is CCCCC/C=C\OC(C)=O. The van der Waals surface area contributed by atoms with E-state index >= 15 is 0 Å². The summed E-state index contributed by atoms with van der Waals surface area (Å²) in [4.78, 5) is 10.3. The number of esters is 1. The van der Waals surface area contributed by atoms with Gasteiger partial charge in [-0.1, -0.05) is 19.8 Å². The van der Waals surface area contributed by atoms with Gasteiger partial charge in [0.25, 0.3) is 0 Å². The highest BCUT2D eigenvalue weighted by atomic mass is 16.5. The van der Waals surface area contributed by atoms with Crippen molar-refractivity contribution >= 4 is 5.97 Å². The van der Waals surface area contributed by atoms with Crippen LogP contribution in [-0.2, 0) is 9.53 Å². The molecule has 0 aromatic heterocycles. The zero-order valence-corrected chi connectivity index (χ0v) is 7.30. The third-order valence-electron chi connectivity index (χ3n) is 1.30. The molecule has 0 aliphatic heterocycles. The van der Waals surface area contributed by atoms with Crippen molar-refractivity contribution in [3.63, 3.8) is 0 Å². The molecular weight excluding hydrogens is 140 g/mol. The fraction of sp³-hybridized carbons (Fsp3) is 0.667. The van der Waals surface area contributed by atoms with Crippen molar-refractivity contribution in [1.82, 2.24) is 0 Å². The van der Waals surface area contributed by atoms with Crippen LogP contribution in [0.5, 0.6) is 0 Å². The van der Waals surface area contributed by atoms with Gasteiger partial charge >= 0.3 is 5.97 Å². The van der Waals surface area contributed by atoms with Gasteiger partial charge in [0.1, 0.15) is 0 Å². The van der Waals surface area contributed by atoms with Crippen LogP contribution in [0.15, 0.2) is 12.3 Å². The molecule has 11 heavy (non-hydrogen) atoms. The number of ether oxygens (including phenoxy) is 1. The number of hydrogen-bond acceptors (Lipinski definition) is 2. The molecular formula is C9H16O2. The number of allylic oxidation sites excluding steroid dienone is 1. The topological polar surface area (TPSA) is 26.3 Å². The molecule has 0 spiro atoms. The van der Waals surface area contributed by atoms with E-state index in [0.717, 1.165) is 6.42 Å². The zero-order valence-electron chi connectivity index (χ0n) is 7.30. The minimum absolute atomic E-state index is 0.253. The molecule has 0 saturated heterocycles. The van der Waals surface area contributed by atoms with Crippen molar-refractivity contribution in [3.05, 3.63) is 12.3 Å². The van der Waals surface area contributed by atoms with E-state index < -0.39 is 0 Å². The van der Waals surface area contributed by atoms with E-state index in [1.165, 1.54) is 32.4 Å². The average Bonchev–Trinajstić information content (AvgIpc) is 1.96. The first kappa shape index (κ1) is 10.2. The van der Waals surface area contributed by atoms with Crippen LogP contribution in [0.2, 0.25) is 0 Å². The second-order valence-corrected chi connectivity index (χ2v) is 2.48. The van der Waals surface area contributed by atoms with E-state index in [-0.39, 0.29) is 5.97 Å². The molecule has 0 saturated carbocycles. The van der Waals surface area contributed by atoms with Crippen molar-refractivity contribution in [1.29, 1.82) is 0 Å². The minimum Gasteiger partial charge on any atom is -0.435 e. The number of carbonyl (C=O) groups excluding carboxylic acids is 1. The van der Waals surface area contributed by atoms with Gasteiger partial charge in [-0.2, -0.15) is 0 Å². The molecule has 0 amide bonds. The van der Waals surface area contributed by atoms with Crippen molar-refractivity contribution in [2.45, 2.75) is 39.5 Å². The molecule has 0 unspecified atom stereocenters. The van der Waals surface area contributed by atoms with Crippen LogP contribution in [-0.4, -0.2) is 5.97 Å². The van der Waals surface area contributed by atoms with Gasteiger partial charge in [0, 0.05) is 6.92 Å². The Morgan fingerprint density at radius 1 is 1.45 bits per heavy atom. The molecule has 0 aromatic carbocycles. The lowest BCUT2D eigenvalue weighted by molar-refractivity contribution is -0.135. The standard InChI is InChI=1S/C9H16O2/c1-3-4-5-6-7-8-11-9(2)10/h7-8H,3-6H2,1-2H3/b8-7-. The summed E-state index contributed by atoms with van der Waals surface area (Å²) >= 11 is 0. The highest BCUT2D eigenvalue weighted by Gasteiger charge is 1.84. The Bertz CT molecular complexity index is 128. The fourth-order valence-corrected chi connectivity index (χ4v) is 0.724. The molecule has 2 heteroatoms. The van der Waals surface area contributed by atoms with Gasteiger partial charge in [0.15, 0.2) is 0 Å². The molecule has 0 bridgehead atoms. The van der Waals surface area contributed by atoms with Gasteiger partial charge in [0.2, 0.25) is 0 Å². The van der Waals surface area contributed by atoms with Gasteiger partial charge in [-0.25, -0.2) is 0 Å². The predicted molar refractivity (Wildman–Crippen MR) is 45.0 cm³/mol. The molecule has 0 aliphatic carbocycles. The molecule has 0 radical (unpaired) electrons. The maximum absolute atomic E-state index is 10.3. The van der Waals surface area contributed by atoms with Crippen LogP contribution in [0.3, 0.4) is 0 Å². The number of rotatable bonds is 5. The lowest BCUT2D eigenvalue weighted by Crippen LogP contribution is -1.89. The van der Waals surface area contributed by atoms with Gasteiger partial charge in [-0.3, -0.25) is 4.79 Å². The molecule has 0 rings (SSSR count). The summed E-state index contributed by atoms with van der Waals surface area (Å²) in [5.41, 5.74) is 0. The van der Waals surface area contributed by atoms with Gasteiger partial charge < -0.3 is 4.74 Å². The predicted octanol–water partition coefficient (Wildman–Crippen LogP) is 2.64. The molecule has 0 aliphatic rings. The Labute approximate surface area is 68.2 Å². The van der Waals surface area contributed by atoms with Crippen LogP contribution in [0, 0.1) is 0 Å². The van der Waals surface area contributed by atoms with Crippen LogP contribution in [0.1, 0.15) is 39.5 Å². The van der Waals surface area contributed by atoms with E-state index in [0.29, 0.717) is 0 Å². The summed E-state index contributed by atoms with van der Waals surface area (Å²) in [6.45, 7) is 3.56. The molecule has 0 heterocycles.